The number of ether oxygens (including phenoxy) is 2. The maximum absolute atomic E-state index is 11.8. The van der Waals surface area contributed by atoms with Crippen molar-refractivity contribution in [3.63, 3.8) is 0 Å². The molecule has 5 nitrogen and oxygen atoms in total. The first-order chi connectivity index (χ1) is 6.16. The monoisotopic (exact) mass is 210 g/mol. The summed E-state index contributed by atoms with van der Waals surface area (Å²) in [5.41, 5.74) is 0. The van der Waals surface area contributed by atoms with Crippen LogP contribution in [0.3, 0.4) is 0 Å². The maximum atomic E-state index is 11.8. The van der Waals surface area contributed by atoms with Crippen LogP contribution in [0.15, 0.2) is 0 Å². The standard InChI is InChI=1S/C7H15O5P/c1-9-6-4-5-7(12-6)13(8,10-2)11-3/h6-7H,4-5H2,1-3H3. The van der Waals surface area contributed by atoms with Crippen molar-refractivity contribution >= 4 is 7.60 Å². The van der Waals surface area contributed by atoms with Crippen molar-refractivity contribution in [2.45, 2.75) is 25.0 Å². The highest BCUT2D eigenvalue weighted by Crippen LogP contribution is 2.56. The third-order valence-corrected chi connectivity index (χ3v) is 4.19. The van der Waals surface area contributed by atoms with Gasteiger partial charge in [-0.15, -0.1) is 0 Å². The summed E-state index contributed by atoms with van der Waals surface area (Å²) in [6, 6.07) is 0. The smallest absolute Gasteiger partial charge is 0.356 e. The molecular formula is C7H15O5P. The van der Waals surface area contributed by atoms with Crippen LogP contribution >= 0.6 is 7.60 Å². The van der Waals surface area contributed by atoms with Crippen LogP contribution in [0.1, 0.15) is 12.8 Å². The van der Waals surface area contributed by atoms with Crippen molar-refractivity contribution in [3.05, 3.63) is 0 Å². The lowest BCUT2D eigenvalue weighted by atomic mass is 10.4. The molecule has 2 atom stereocenters. The van der Waals surface area contributed by atoms with Gasteiger partial charge in [-0.2, -0.15) is 0 Å². The van der Waals surface area contributed by atoms with Crippen LogP contribution in [0.2, 0.25) is 0 Å². The van der Waals surface area contributed by atoms with Crippen molar-refractivity contribution in [3.8, 4) is 0 Å². The maximum Gasteiger partial charge on any atom is 0.358 e. The molecule has 1 fully saturated rings. The summed E-state index contributed by atoms with van der Waals surface area (Å²) in [6.07, 6.45) is 1.07. The third-order valence-electron chi connectivity index (χ3n) is 2.08. The van der Waals surface area contributed by atoms with Crippen molar-refractivity contribution in [2.24, 2.45) is 0 Å². The Morgan fingerprint density at radius 3 is 2.23 bits per heavy atom. The Labute approximate surface area is 77.8 Å². The first kappa shape index (κ1) is 11.1. The molecule has 0 aromatic carbocycles. The van der Waals surface area contributed by atoms with Gasteiger partial charge in [0.1, 0.15) is 0 Å². The highest BCUT2D eigenvalue weighted by molar-refractivity contribution is 7.54. The van der Waals surface area contributed by atoms with E-state index >= 15 is 0 Å². The van der Waals surface area contributed by atoms with Crippen LogP contribution in [0.4, 0.5) is 0 Å². The van der Waals surface area contributed by atoms with Gasteiger partial charge in [-0.25, -0.2) is 0 Å². The lowest BCUT2D eigenvalue weighted by Gasteiger charge is -2.20. The predicted octanol–water partition coefficient (Wildman–Crippen LogP) is 1.58. The van der Waals surface area contributed by atoms with E-state index in [-0.39, 0.29) is 6.29 Å². The number of hydrogen-bond acceptors (Lipinski definition) is 5. The van der Waals surface area contributed by atoms with Crippen LogP contribution in [-0.4, -0.2) is 33.5 Å². The molecule has 0 radical (unpaired) electrons. The van der Waals surface area contributed by atoms with Crippen LogP contribution in [0.5, 0.6) is 0 Å². The fourth-order valence-corrected chi connectivity index (χ4v) is 2.68. The normalized spacial score (nSPS) is 29.5. The van der Waals surface area contributed by atoms with Gasteiger partial charge in [-0.1, -0.05) is 0 Å². The van der Waals surface area contributed by atoms with Gasteiger partial charge >= 0.3 is 7.60 Å². The summed E-state index contributed by atoms with van der Waals surface area (Å²) in [4.78, 5) is 0. The minimum atomic E-state index is -3.08. The average Bonchev–Trinajstić information content (AvgIpc) is 2.65. The van der Waals surface area contributed by atoms with Crippen LogP contribution in [-0.2, 0) is 23.1 Å². The van der Waals surface area contributed by atoms with E-state index in [4.69, 9.17) is 18.5 Å². The van der Waals surface area contributed by atoms with Gasteiger partial charge < -0.3 is 18.5 Å². The number of methoxy groups -OCH3 is 1. The average molecular weight is 210 g/mol. The first-order valence-electron chi connectivity index (χ1n) is 4.05. The Morgan fingerprint density at radius 2 is 1.85 bits per heavy atom. The Balaban J connectivity index is 2.58. The van der Waals surface area contributed by atoms with E-state index in [2.05, 4.69) is 0 Å². The molecule has 1 saturated heterocycles. The fraction of sp³-hybridized carbons (Fsp3) is 1.00. The summed E-state index contributed by atoms with van der Waals surface area (Å²) in [5.74, 6) is -0.493. The molecule has 13 heavy (non-hydrogen) atoms. The molecule has 0 amide bonds. The van der Waals surface area contributed by atoms with E-state index in [1.54, 1.807) is 7.11 Å². The minimum absolute atomic E-state index is 0.288. The Morgan fingerprint density at radius 1 is 1.23 bits per heavy atom. The van der Waals surface area contributed by atoms with E-state index in [9.17, 15) is 4.57 Å². The zero-order valence-electron chi connectivity index (χ0n) is 8.06. The van der Waals surface area contributed by atoms with Crippen LogP contribution in [0.25, 0.3) is 0 Å². The summed E-state index contributed by atoms with van der Waals surface area (Å²) >= 11 is 0. The van der Waals surface area contributed by atoms with Crippen molar-refractivity contribution in [1.82, 2.24) is 0 Å². The SMILES string of the molecule is COC1CCC(P(=O)(OC)OC)O1. The highest BCUT2D eigenvalue weighted by atomic mass is 31.2. The zero-order chi connectivity index (χ0) is 9.90. The van der Waals surface area contributed by atoms with Gasteiger partial charge in [0.25, 0.3) is 0 Å². The van der Waals surface area contributed by atoms with E-state index < -0.39 is 13.4 Å². The quantitative estimate of drug-likeness (QED) is 0.659. The molecule has 0 spiro atoms. The van der Waals surface area contributed by atoms with Crippen LogP contribution in [0, 0.1) is 0 Å². The first-order valence-corrected chi connectivity index (χ1v) is 5.67. The van der Waals surface area contributed by atoms with E-state index in [1.165, 1.54) is 14.2 Å². The lowest BCUT2D eigenvalue weighted by molar-refractivity contribution is -0.102. The lowest BCUT2D eigenvalue weighted by Crippen LogP contribution is -2.14. The molecule has 0 saturated carbocycles. The molecule has 0 aromatic rings. The Kier molecular flexibility index (Phi) is 3.88. The Hall–Kier alpha value is 0.0700. The molecule has 1 rings (SSSR count). The minimum Gasteiger partial charge on any atom is -0.356 e. The van der Waals surface area contributed by atoms with Crippen molar-refractivity contribution in [2.75, 3.05) is 21.3 Å². The second-order valence-electron chi connectivity index (χ2n) is 2.74. The van der Waals surface area contributed by atoms with Gasteiger partial charge in [0.15, 0.2) is 12.1 Å². The largest absolute Gasteiger partial charge is 0.358 e. The summed E-state index contributed by atoms with van der Waals surface area (Å²) < 4.78 is 31.7. The molecule has 2 unspecified atom stereocenters. The molecule has 0 bridgehead atoms. The zero-order valence-corrected chi connectivity index (χ0v) is 8.95. The van der Waals surface area contributed by atoms with Gasteiger partial charge in [-0.05, 0) is 6.42 Å². The van der Waals surface area contributed by atoms with Gasteiger partial charge in [0, 0.05) is 27.8 Å². The van der Waals surface area contributed by atoms with Crippen molar-refractivity contribution < 1.29 is 23.1 Å². The molecule has 78 valence electrons. The van der Waals surface area contributed by atoms with Crippen LogP contribution < -0.4 is 0 Å². The molecular weight excluding hydrogens is 195 g/mol. The second kappa shape index (κ2) is 4.53. The fourth-order valence-electron chi connectivity index (χ4n) is 1.31. The predicted molar refractivity (Wildman–Crippen MR) is 46.5 cm³/mol. The summed E-state index contributed by atoms with van der Waals surface area (Å²) in [6.45, 7) is 0. The highest BCUT2D eigenvalue weighted by Gasteiger charge is 2.41. The van der Waals surface area contributed by atoms with Gasteiger partial charge in [0.2, 0.25) is 0 Å². The van der Waals surface area contributed by atoms with E-state index in [1.807, 2.05) is 0 Å². The van der Waals surface area contributed by atoms with Gasteiger partial charge in [-0.3, -0.25) is 4.57 Å². The molecule has 1 aliphatic heterocycles. The summed E-state index contributed by atoms with van der Waals surface area (Å²) in [5, 5.41) is 0. The van der Waals surface area contributed by atoms with E-state index in [0.29, 0.717) is 6.42 Å². The molecule has 0 aromatic heterocycles. The third kappa shape index (κ3) is 2.30. The summed E-state index contributed by atoms with van der Waals surface area (Å²) in [7, 11) is 1.18. The number of rotatable bonds is 4. The van der Waals surface area contributed by atoms with Crippen molar-refractivity contribution in [1.29, 1.82) is 0 Å². The second-order valence-corrected chi connectivity index (χ2v) is 5.12. The molecule has 0 N–H and O–H groups in total. The topological polar surface area (TPSA) is 54.0 Å². The molecule has 1 heterocycles. The number of hydrogen-bond donors (Lipinski definition) is 0. The van der Waals surface area contributed by atoms with Gasteiger partial charge in [0.05, 0.1) is 0 Å². The molecule has 6 heteroatoms. The van der Waals surface area contributed by atoms with E-state index in [0.717, 1.165) is 6.42 Å². The Bertz CT molecular complexity index is 199. The molecule has 0 aliphatic carbocycles. The molecule has 1 aliphatic rings.